The summed E-state index contributed by atoms with van der Waals surface area (Å²) in [7, 11) is 0. The van der Waals surface area contributed by atoms with E-state index < -0.39 is 0 Å². The van der Waals surface area contributed by atoms with Crippen molar-refractivity contribution in [2.45, 2.75) is 25.7 Å². The molecule has 23 heavy (non-hydrogen) atoms. The molecule has 1 aromatic carbocycles. The van der Waals surface area contributed by atoms with E-state index in [1.807, 2.05) is 47.7 Å². The monoisotopic (exact) mass is 326 g/mol. The summed E-state index contributed by atoms with van der Waals surface area (Å²) in [4.78, 5) is 19.3. The van der Waals surface area contributed by atoms with Crippen molar-refractivity contribution in [2.75, 3.05) is 13.1 Å². The van der Waals surface area contributed by atoms with E-state index in [-0.39, 0.29) is 5.91 Å². The molecule has 1 aliphatic rings. The van der Waals surface area contributed by atoms with Crippen LogP contribution in [-0.2, 0) is 0 Å². The maximum Gasteiger partial charge on any atom is 0.258 e. The van der Waals surface area contributed by atoms with Crippen molar-refractivity contribution >= 4 is 28.2 Å². The highest BCUT2D eigenvalue weighted by Crippen LogP contribution is 2.32. The summed E-state index contributed by atoms with van der Waals surface area (Å²) < 4.78 is 5.74. The quantitative estimate of drug-likeness (QED) is 0.708. The third-order valence-electron chi connectivity index (χ3n) is 4.57. The molecule has 3 heterocycles. The molecule has 0 atom stereocenters. The number of aryl methyl sites for hydroxylation is 1. The summed E-state index contributed by atoms with van der Waals surface area (Å²) in [6, 6.07) is 7.75. The second kappa shape index (κ2) is 5.81. The van der Waals surface area contributed by atoms with E-state index in [2.05, 4.69) is 4.98 Å². The Kier molecular flexibility index (Phi) is 3.65. The van der Waals surface area contributed by atoms with Gasteiger partial charge in [-0.3, -0.25) is 4.79 Å². The molecule has 0 radical (unpaired) electrons. The molecule has 4 rings (SSSR count). The van der Waals surface area contributed by atoms with Crippen LogP contribution in [0.25, 0.3) is 11.0 Å². The molecule has 0 N–H and O–H groups in total. The first-order valence-electron chi connectivity index (χ1n) is 7.91. The number of benzene rings is 1. The number of thiazole rings is 1. The van der Waals surface area contributed by atoms with Crippen LogP contribution >= 0.6 is 11.3 Å². The number of para-hydroxylation sites is 1. The van der Waals surface area contributed by atoms with Crippen molar-refractivity contribution in [3.8, 4) is 0 Å². The van der Waals surface area contributed by atoms with Crippen molar-refractivity contribution in [3.05, 3.63) is 52.2 Å². The van der Waals surface area contributed by atoms with Gasteiger partial charge in [-0.1, -0.05) is 18.2 Å². The summed E-state index contributed by atoms with van der Waals surface area (Å²) in [6.07, 6.45) is 3.82. The minimum atomic E-state index is 0.0880. The third kappa shape index (κ3) is 2.55. The molecule has 5 heteroatoms. The van der Waals surface area contributed by atoms with Crippen LogP contribution in [0.1, 0.15) is 39.9 Å². The molecule has 1 saturated heterocycles. The summed E-state index contributed by atoms with van der Waals surface area (Å²) in [6.45, 7) is 3.43. The molecule has 0 bridgehead atoms. The first kappa shape index (κ1) is 14.5. The van der Waals surface area contributed by atoms with Gasteiger partial charge < -0.3 is 9.32 Å². The van der Waals surface area contributed by atoms with Crippen LogP contribution < -0.4 is 0 Å². The van der Waals surface area contributed by atoms with Crippen LogP contribution in [0, 0.1) is 6.92 Å². The number of fused-ring (bicyclic) bond motifs is 1. The van der Waals surface area contributed by atoms with E-state index in [0.29, 0.717) is 17.2 Å². The van der Waals surface area contributed by atoms with Crippen LogP contribution in [0.3, 0.4) is 0 Å². The van der Waals surface area contributed by atoms with Crippen molar-refractivity contribution < 1.29 is 9.21 Å². The average molecular weight is 326 g/mol. The molecular formula is C18H18N2O2S. The lowest BCUT2D eigenvalue weighted by Gasteiger charge is -2.31. The zero-order valence-electron chi connectivity index (χ0n) is 13.0. The van der Waals surface area contributed by atoms with Gasteiger partial charge in [0.15, 0.2) is 0 Å². The van der Waals surface area contributed by atoms with Gasteiger partial charge in [0.1, 0.15) is 11.3 Å². The van der Waals surface area contributed by atoms with E-state index in [0.717, 1.165) is 36.9 Å². The Morgan fingerprint density at radius 3 is 2.83 bits per heavy atom. The van der Waals surface area contributed by atoms with Crippen molar-refractivity contribution in [3.63, 3.8) is 0 Å². The second-order valence-electron chi connectivity index (χ2n) is 5.97. The predicted molar refractivity (Wildman–Crippen MR) is 90.9 cm³/mol. The Morgan fingerprint density at radius 1 is 1.30 bits per heavy atom. The van der Waals surface area contributed by atoms with Gasteiger partial charge in [-0.2, -0.15) is 0 Å². The number of hydrogen-bond donors (Lipinski definition) is 0. The molecule has 0 unspecified atom stereocenters. The van der Waals surface area contributed by atoms with Gasteiger partial charge in [-0.05, 0) is 25.8 Å². The summed E-state index contributed by atoms with van der Waals surface area (Å²) in [5, 5.41) is 4.13. The van der Waals surface area contributed by atoms with Gasteiger partial charge in [0.2, 0.25) is 0 Å². The summed E-state index contributed by atoms with van der Waals surface area (Å²) >= 11 is 1.71. The zero-order valence-corrected chi connectivity index (χ0v) is 13.8. The lowest BCUT2D eigenvalue weighted by atomic mass is 9.96. The number of hydrogen-bond acceptors (Lipinski definition) is 4. The molecule has 1 amide bonds. The van der Waals surface area contributed by atoms with Gasteiger partial charge in [0.25, 0.3) is 5.91 Å². The highest BCUT2D eigenvalue weighted by Gasteiger charge is 2.28. The highest BCUT2D eigenvalue weighted by molar-refractivity contribution is 7.09. The lowest BCUT2D eigenvalue weighted by molar-refractivity contribution is 0.0713. The van der Waals surface area contributed by atoms with Crippen LogP contribution in [0.2, 0.25) is 0 Å². The summed E-state index contributed by atoms with van der Waals surface area (Å²) in [5.74, 6) is 1.28. The number of likely N-dealkylation sites (tertiary alicyclic amines) is 1. The van der Waals surface area contributed by atoms with E-state index >= 15 is 0 Å². The Morgan fingerprint density at radius 2 is 2.09 bits per heavy atom. The number of nitrogens with zero attached hydrogens (tertiary/aromatic N) is 2. The molecule has 1 fully saturated rings. The molecular weight excluding hydrogens is 308 g/mol. The van der Waals surface area contributed by atoms with Crippen LogP contribution in [0.5, 0.6) is 0 Å². The SMILES string of the molecule is Cc1oc2ccccc2c1C(=O)N1CCC(c2nccs2)CC1. The fraction of sp³-hybridized carbons (Fsp3) is 0.333. The average Bonchev–Trinajstić information content (AvgIpc) is 3.21. The van der Waals surface area contributed by atoms with E-state index in [9.17, 15) is 4.79 Å². The fourth-order valence-corrected chi connectivity index (χ4v) is 4.17. The van der Waals surface area contributed by atoms with Gasteiger partial charge in [0.05, 0.1) is 10.6 Å². The van der Waals surface area contributed by atoms with E-state index in [1.165, 1.54) is 5.01 Å². The Bertz CT molecular complexity index is 830. The number of furan rings is 1. The summed E-state index contributed by atoms with van der Waals surface area (Å²) in [5.41, 5.74) is 1.50. The number of rotatable bonds is 2. The Balaban J connectivity index is 1.55. The van der Waals surface area contributed by atoms with Crippen LogP contribution in [0.4, 0.5) is 0 Å². The number of amides is 1. The number of carbonyl (C=O) groups is 1. The van der Waals surface area contributed by atoms with Gasteiger partial charge in [-0.15, -0.1) is 11.3 Å². The highest BCUT2D eigenvalue weighted by atomic mass is 32.1. The minimum absolute atomic E-state index is 0.0880. The zero-order chi connectivity index (χ0) is 15.8. The molecule has 2 aromatic heterocycles. The first-order valence-corrected chi connectivity index (χ1v) is 8.79. The Hall–Kier alpha value is -2.14. The number of carbonyl (C=O) groups excluding carboxylic acids is 1. The van der Waals surface area contributed by atoms with E-state index in [1.54, 1.807) is 11.3 Å². The molecule has 1 aliphatic heterocycles. The molecule has 0 saturated carbocycles. The molecule has 4 nitrogen and oxygen atoms in total. The molecule has 0 spiro atoms. The normalized spacial score (nSPS) is 16.1. The van der Waals surface area contributed by atoms with Crippen molar-refractivity contribution in [1.82, 2.24) is 9.88 Å². The smallest absolute Gasteiger partial charge is 0.258 e. The molecule has 3 aromatic rings. The topological polar surface area (TPSA) is 46.3 Å². The maximum atomic E-state index is 12.9. The maximum absolute atomic E-state index is 12.9. The van der Waals surface area contributed by atoms with E-state index in [4.69, 9.17) is 4.42 Å². The number of piperidine rings is 1. The minimum Gasteiger partial charge on any atom is -0.461 e. The van der Waals surface area contributed by atoms with Gasteiger partial charge >= 0.3 is 0 Å². The van der Waals surface area contributed by atoms with Crippen LogP contribution in [-0.4, -0.2) is 28.9 Å². The van der Waals surface area contributed by atoms with Gasteiger partial charge in [0, 0.05) is 36.0 Å². The standard InChI is InChI=1S/C18H18N2O2S/c1-12-16(14-4-2-3-5-15(14)22-12)18(21)20-9-6-13(7-10-20)17-19-8-11-23-17/h2-5,8,11,13H,6-7,9-10H2,1H3. The predicted octanol–water partition coefficient (Wildman–Crippen LogP) is 4.22. The largest absolute Gasteiger partial charge is 0.461 e. The number of aromatic nitrogens is 1. The lowest BCUT2D eigenvalue weighted by Crippen LogP contribution is -2.38. The van der Waals surface area contributed by atoms with Crippen LogP contribution in [0.15, 0.2) is 40.3 Å². The fourth-order valence-electron chi connectivity index (χ4n) is 3.36. The Labute approximate surface area is 138 Å². The second-order valence-corrected chi connectivity index (χ2v) is 6.89. The molecule has 118 valence electrons. The van der Waals surface area contributed by atoms with Crippen molar-refractivity contribution in [2.24, 2.45) is 0 Å². The molecule has 0 aliphatic carbocycles. The van der Waals surface area contributed by atoms with Crippen molar-refractivity contribution in [1.29, 1.82) is 0 Å². The third-order valence-corrected chi connectivity index (χ3v) is 5.51. The van der Waals surface area contributed by atoms with Gasteiger partial charge in [-0.25, -0.2) is 4.98 Å². The first-order chi connectivity index (χ1) is 11.2.